The lowest BCUT2D eigenvalue weighted by Gasteiger charge is -2.14. The van der Waals surface area contributed by atoms with Gasteiger partial charge in [-0.25, -0.2) is 4.79 Å². The Balaban J connectivity index is 2.56. The highest BCUT2D eigenvalue weighted by molar-refractivity contribution is 5.81. The van der Waals surface area contributed by atoms with Crippen LogP contribution in [0.1, 0.15) is 0 Å². The van der Waals surface area contributed by atoms with Gasteiger partial charge in [0.15, 0.2) is 0 Å². The molecule has 2 aromatic carbocycles. The van der Waals surface area contributed by atoms with Gasteiger partial charge < -0.3 is 4.74 Å². The van der Waals surface area contributed by atoms with E-state index in [1.165, 1.54) is 30.3 Å². The molecule has 0 spiro atoms. The maximum Gasteiger partial charge on any atom is 0.573 e. The van der Waals surface area contributed by atoms with Gasteiger partial charge in [-0.1, -0.05) is 36.4 Å². The molecule has 0 radical (unpaired) electrons. The first kappa shape index (κ1) is 13.8. The second kappa shape index (κ2) is 5.59. The number of carbonyl (C=O) groups excluding carboxylic acids is 1. The molecule has 2 aromatic rings. The fraction of sp³-hybridized carbons (Fsp3) is 0.0714. The minimum Gasteiger partial charge on any atom is -0.405 e. The van der Waals surface area contributed by atoms with Gasteiger partial charge in [0.05, 0.1) is 5.69 Å². The molecule has 20 heavy (non-hydrogen) atoms. The molecule has 0 saturated carbocycles. The van der Waals surface area contributed by atoms with E-state index in [0.717, 1.165) is 0 Å². The molecule has 0 aliphatic rings. The molecular weight excluding hydrogens is 271 g/mol. The lowest BCUT2D eigenvalue weighted by atomic mass is 10.0. The van der Waals surface area contributed by atoms with Crippen molar-refractivity contribution in [1.29, 1.82) is 0 Å². The van der Waals surface area contributed by atoms with Gasteiger partial charge in [-0.15, -0.1) is 13.2 Å². The van der Waals surface area contributed by atoms with Crippen molar-refractivity contribution >= 4 is 11.8 Å². The monoisotopic (exact) mass is 279 g/mol. The van der Waals surface area contributed by atoms with E-state index in [1.54, 1.807) is 24.3 Å². The van der Waals surface area contributed by atoms with Crippen molar-refractivity contribution in [2.75, 3.05) is 0 Å². The van der Waals surface area contributed by atoms with Crippen LogP contribution < -0.4 is 4.74 Å². The van der Waals surface area contributed by atoms with Gasteiger partial charge in [-0.2, -0.15) is 4.99 Å². The van der Waals surface area contributed by atoms with Crippen molar-refractivity contribution in [1.82, 2.24) is 0 Å². The van der Waals surface area contributed by atoms with Gasteiger partial charge >= 0.3 is 6.36 Å². The smallest absolute Gasteiger partial charge is 0.405 e. The van der Waals surface area contributed by atoms with E-state index in [9.17, 15) is 18.0 Å². The van der Waals surface area contributed by atoms with E-state index in [2.05, 4.69) is 9.73 Å². The Morgan fingerprint density at radius 2 is 1.55 bits per heavy atom. The molecule has 0 unspecified atom stereocenters. The Morgan fingerprint density at radius 3 is 2.20 bits per heavy atom. The van der Waals surface area contributed by atoms with E-state index in [0.29, 0.717) is 5.56 Å². The first-order valence-corrected chi connectivity index (χ1v) is 5.53. The maximum atomic E-state index is 12.4. The normalized spacial score (nSPS) is 10.8. The standard InChI is InChI=1S/C14H8F3NO2/c15-14(16,17)20-13-8-4-2-6-11(13)10-5-1-3-7-12(10)18-9-19/h1-8H. The summed E-state index contributed by atoms with van der Waals surface area (Å²) in [5, 5.41) is 0. The molecule has 0 aromatic heterocycles. The predicted molar refractivity (Wildman–Crippen MR) is 66.3 cm³/mol. The maximum absolute atomic E-state index is 12.4. The SMILES string of the molecule is O=C=Nc1ccccc1-c1ccccc1OC(F)(F)F. The number of hydrogen-bond acceptors (Lipinski definition) is 3. The van der Waals surface area contributed by atoms with Gasteiger partial charge in [-0.05, 0) is 12.1 Å². The fourth-order valence-electron chi connectivity index (χ4n) is 1.75. The number of benzene rings is 2. The van der Waals surface area contributed by atoms with Crippen molar-refractivity contribution in [2.24, 2.45) is 4.99 Å². The van der Waals surface area contributed by atoms with Gasteiger partial charge in [-0.3, -0.25) is 0 Å². The molecule has 0 aliphatic heterocycles. The Morgan fingerprint density at radius 1 is 0.950 bits per heavy atom. The summed E-state index contributed by atoms with van der Waals surface area (Å²) in [4.78, 5) is 13.8. The van der Waals surface area contributed by atoms with Crippen LogP contribution >= 0.6 is 0 Å². The van der Waals surface area contributed by atoms with Crippen LogP contribution in [0.4, 0.5) is 18.9 Å². The topological polar surface area (TPSA) is 38.7 Å². The van der Waals surface area contributed by atoms with Crippen LogP contribution in [0.5, 0.6) is 5.75 Å². The van der Waals surface area contributed by atoms with E-state index in [-0.39, 0.29) is 17.0 Å². The molecule has 2 rings (SSSR count). The van der Waals surface area contributed by atoms with Crippen molar-refractivity contribution in [3.63, 3.8) is 0 Å². The number of halogens is 3. The van der Waals surface area contributed by atoms with Gasteiger partial charge in [0, 0.05) is 11.1 Å². The molecule has 0 saturated heterocycles. The Bertz CT molecular complexity index is 661. The van der Waals surface area contributed by atoms with Crippen LogP contribution in [0.2, 0.25) is 0 Å². The Kier molecular flexibility index (Phi) is 3.86. The lowest BCUT2D eigenvalue weighted by molar-refractivity contribution is -0.274. The van der Waals surface area contributed by atoms with Crippen molar-refractivity contribution < 1.29 is 22.7 Å². The van der Waals surface area contributed by atoms with Crippen LogP contribution in [0, 0.1) is 0 Å². The van der Waals surface area contributed by atoms with Crippen LogP contribution in [-0.4, -0.2) is 12.4 Å². The van der Waals surface area contributed by atoms with E-state index in [4.69, 9.17) is 0 Å². The molecule has 0 heterocycles. The molecule has 0 fully saturated rings. The number of ether oxygens (including phenoxy) is 1. The minimum absolute atomic E-state index is 0.194. The molecule has 0 amide bonds. The van der Waals surface area contributed by atoms with E-state index < -0.39 is 6.36 Å². The van der Waals surface area contributed by atoms with Gasteiger partial charge in [0.2, 0.25) is 6.08 Å². The van der Waals surface area contributed by atoms with Crippen LogP contribution in [0.15, 0.2) is 53.5 Å². The Labute approximate surface area is 112 Å². The highest BCUT2D eigenvalue weighted by Crippen LogP contribution is 2.38. The molecule has 0 aliphatic carbocycles. The number of rotatable bonds is 3. The summed E-state index contributed by atoms with van der Waals surface area (Å²) in [5.41, 5.74) is 0.774. The third-order valence-corrected chi connectivity index (χ3v) is 2.47. The zero-order valence-corrected chi connectivity index (χ0v) is 10.0. The molecule has 3 nitrogen and oxygen atoms in total. The van der Waals surface area contributed by atoms with Crippen LogP contribution in [-0.2, 0) is 4.79 Å². The van der Waals surface area contributed by atoms with Crippen LogP contribution in [0.3, 0.4) is 0 Å². The third kappa shape index (κ3) is 3.24. The predicted octanol–water partition coefficient (Wildman–Crippen LogP) is 4.22. The largest absolute Gasteiger partial charge is 0.573 e. The number of hydrogen-bond donors (Lipinski definition) is 0. The van der Waals surface area contributed by atoms with E-state index >= 15 is 0 Å². The van der Waals surface area contributed by atoms with Crippen molar-refractivity contribution in [2.45, 2.75) is 6.36 Å². The summed E-state index contributed by atoms with van der Waals surface area (Å²) in [6, 6.07) is 12.0. The summed E-state index contributed by atoms with van der Waals surface area (Å²) >= 11 is 0. The minimum atomic E-state index is -4.79. The lowest BCUT2D eigenvalue weighted by Crippen LogP contribution is -2.17. The molecule has 102 valence electrons. The summed E-state index contributed by atoms with van der Waals surface area (Å²) in [5.74, 6) is -0.353. The average molecular weight is 279 g/mol. The summed E-state index contributed by atoms with van der Waals surface area (Å²) in [6.45, 7) is 0. The van der Waals surface area contributed by atoms with Crippen LogP contribution in [0.25, 0.3) is 11.1 Å². The Hall–Kier alpha value is -2.59. The molecule has 6 heteroatoms. The molecule has 0 N–H and O–H groups in total. The third-order valence-electron chi connectivity index (χ3n) is 2.47. The second-order valence-corrected chi connectivity index (χ2v) is 3.76. The van der Waals surface area contributed by atoms with Crippen molar-refractivity contribution in [3.05, 3.63) is 48.5 Å². The first-order valence-electron chi connectivity index (χ1n) is 5.53. The number of para-hydroxylation sites is 2. The number of nitrogens with zero attached hydrogens (tertiary/aromatic N) is 1. The average Bonchev–Trinajstić information content (AvgIpc) is 2.39. The summed E-state index contributed by atoms with van der Waals surface area (Å²) in [6.07, 6.45) is -3.42. The molecular formula is C14H8F3NO2. The summed E-state index contributed by atoms with van der Waals surface area (Å²) < 4.78 is 41.1. The highest BCUT2D eigenvalue weighted by Gasteiger charge is 2.32. The fourth-order valence-corrected chi connectivity index (χ4v) is 1.75. The number of aliphatic imine (C=N–C) groups is 1. The van der Waals surface area contributed by atoms with E-state index in [1.807, 2.05) is 0 Å². The van der Waals surface area contributed by atoms with Gasteiger partial charge in [0.25, 0.3) is 0 Å². The highest BCUT2D eigenvalue weighted by atomic mass is 19.4. The summed E-state index contributed by atoms with van der Waals surface area (Å²) in [7, 11) is 0. The zero-order chi connectivity index (χ0) is 14.6. The number of alkyl halides is 3. The second-order valence-electron chi connectivity index (χ2n) is 3.76. The zero-order valence-electron chi connectivity index (χ0n) is 10.0. The van der Waals surface area contributed by atoms with Crippen molar-refractivity contribution in [3.8, 4) is 16.9 Å². The van der Waals surface area contributed by atoms with Gasteiger partial charge in [0.1, 0.15) is 5.75 Å². The molecule has 0 atom stereocenters. The quantitative estimate of drug-likeness (QED) is 0.623. The number of isocyanates is 1. The first-order chi connectivity index (χ1) is 9.51. The molecule has 0 bridgehead atoms.